The highest BCUT2D eigenvalue weighted by atomic mass is 15.1. The Morgan fingerprint density at radius 3 is 2.44 bits per heavy atom. The van der Waals surface area contributed by atoms with Gasteiger partial charge in [-0.15, -0.1) is 0 Å². The van der Waals surface area contributed by atoms with Gasteiger partial charge in [-0.25, -0.2) is 0 Å². The van der Waals surface area contributed by atoms with Gasteiger partial charge in [0.2, 0.25) is 0 Å². The van der Waals surface area contributed by atoms with E-state index in [1.165, 1.54) is 39.0 Å². The van der Waals surface area contributed by atoms with Crippen LogP contribution < -0.4 is 5.32 Å². The quantitative estimate of drug-likeness (QED) is 0.700. The highest BCUT2D eigenvalue weighted by Gasteiger charge is 2.22. The van der Waals surface area contributed by atoms with Gasteiger partial charge in [0, 0.05) is 19.6 Å². The number of hydrogen-bond donors (Lipinski definition) is 1. The highest BCUT2D eigenvalue weighted by molar-refractivity contribution is 4.76. The summed E-state index contributed by atoms with van der Waals surface area (Å²) in [4.78, 5) is 2.66. The summed E-state index contributed by atoms with van der Waals surface area (Å²) in [6, 6.07) is 0. The number of likely N-dealkylation sites (tertiary alicyclic amines) is 1. The van der Waals surface area contributed by atoms with E-state index in [1.807, 2.05) is 0 Å². The molecule has 1 saturated heterocycles. The third-order valence-corrected chi connectivity index (χ3v) is 3.43. The number of hydrogen-bond acceptors (Lipinski definition) is 2. The first-order valence-electron chi connectivity index (χ1n) is 7.04. The topological polar surface area (TPSA) is 15.3 Å². The molecule has 0 aliphatic carbocycles. The molecule has 0 bridgehead atoms. The Labute approximate surface area is 102 Å². The molecule has 2 heteroatoms. The van der Waals surface area contributed by atoms with E-state index >= 15 is 0 Å². The lowest BCUT2D eigenvalue weighted by Gasteiger charge is -2.36. The smallest absolute Gasteiger partial charge is 0.00194 e. The maximum absolute atomic E-state index is 3.52. The standard InChI is InChI=1S/C14H30N2/c1-5-6-15-8-14(4)11-16-9-12(2)7-13(3)10-16/h12-15H,5-11H2,1-4H3. The Balaban J connectivity index is 2.19. The molecule has 1 heterocycles. The molecule has 0 radical (unpaired) electrons. The Morgan fingerprint density at radius 2 is 1.88 bits per heavy atom. The zero-order valence-electron chi connectivity index (χ0n) is 11.6. The van der Waals surface area contributed by atoms with Gasteiger partial charge in [0.1, 0.15) is 0 Å². The fourth-order valence-corrected chi connectivity index (χ4v) is 2.97. The van der Waals surface area contributed by atoms with Gasteiger partial charge in [-0.3, -0.25) is 0 Å². The minimum atomic E-state index is 0.782. The molecule has 1 aliphatic rings. The van der Waals surface area contributed by atoms with E-state index in [4.69, 9.17) is 0 Å². The maximum Gasteiger partial charge on any atom is 0.00194 e. The summed E-state index contributed by atoms with van der Waals surface area (Å²) in [5.41, 5.74) is 0. The molecular weight excluding hydrogens is 196 g/mol. The number of rotatable bonds is 6. The zero-order valence-corrected chi connectivity index (χ0v) is 11.6. The van der Waals surface area contributed by atoms with Crippen LogP contribution in [0.25, 0.3) is 0 Å². The van der Waals surface area contributed by atoms with Crippen LogP contribution in [0.1, 0.15) is 40.5 Å². The molecule has 3 unspecified atom stereocenters. The van der Waals surface area contributed by atoms with Crippen LogP contribution in [0.15, 0.2) is 0 Å². The van der Waals surface area contributed by atoms with Crippen molar-refractivity contribution in [1.82, 2.24) is 10.2 Å². The molecule has 1 rings (SSSR count). The third kappa shape index (κ3) is 5.31. The molecule has 1 fully saturated rings. The van der Waals surface area contributed by atoms with Crippen molar-refractivity contribution in [2.75, 3.05) is 32.7 Å². The van der Waals surface area contributed by atoms with E-state index < -0.39 is 0 Å². The summed E-state index contributed by atoms with van der Waals surface area (Å²) in [6.07, 6.45) is 2.66. The highest BCUT2D eigenvalue weighted by Crippen LogP contribution is 2.21. The zero-order chi connectivity index (χ0) is 12.0. The molecule has 1 N–H and O–H groups in total. The largest absolute Gasteiger partial charge is 0.316 e. The summed E-state index contributed by atoms with van der Waals surface area (Å²) in [5, 5.41) is 3.52. The van der Waals surface area contributed by atoms with E-state index in [2.05, 4.69) is 37.9 Å². The molecule has 0 spiro atoms. The predicted octanol–water partition coefficient (Wildman–Crippen LogP) is 2.60. The minimum absolute atomic E-state index is 0.782. The second-order valence-electron chi connectivity index (χ2n) is 5.97. The summed E-state index contributed by atoms with van der Waals surface area (Å²) in [5.74, 6) is 2.56. The summed E-state index contributed by atoms with van der Waals surface area (Å²) >= 11 is 0. The SMILES string of the molecule is CCCNCC(C)CN1CC(C)CC(C)C1. The molecule has 1 aliphatic heterocycles. The second-order valence-corrected chi connectivity index (χ2v) is 5.97. The lowest BCUT2D eigenvalue weighted by Crippen LogP contribution is -2.42. The van der Waals surface area contributed by atoms with Crippen LogP contribution in [0.5, 0.6) is 0 Å². The van der Waals surface area contributed by atoms with E-state index in [0.29, 0.717) is 0 Å². The Kier molecular flexibility index (Phi) is 6.37. The van der Waals surface area contributed by atoms with Gasteiger partial charge in [0.25, 0.3) is 0 Å². The van der Waals surface area contributed by atoms with Gasteiger partial charge in [-0.1, -0.05) is 27.7 Å². The Bertz CT molecular complexity index is 172. The van der Waals surface area contributed by atoms with Crippen LogP contribution in [0.2, 0.25) is 0 Å². The fraction of sp³-hybridized carbons (Fsp3) is 1.00. The lowest BCUT2D eigenvalue weighted by atomic mass is 9.91. The van der Waals surface area contributed by atoms with Gasteiger partial charge in [0.05, 0.1) is 0 Å². The summed E-state index contributed by atoms with van der Waals surface area (Å²) in [7, 11) is 0. The van der Waals surface area contributed by atoms with Crippen LogP contribution in [0.4, 0.5) is 0 Å². The van der Waals surface area contributed by atoms with Gasteiger partial charge >= 0.3 is 0 Å². The molecule has 96 valence electrons. The lowest BCUT2D eigenvalue weighted by molar-refractivity contribution is 0.124. The molecular formula is C14H30N2. The van der Waals surface area contributed by atoms with Crippen LogP contribution >= 0.6 is 0 Å². The normalized spacial score (nSPS) is 29.2. The molecule has 0 aromatic carbocycles. The van der Waals surface area contributed by atoms with Crippen LogP contribution in [0.3, 0.4) is 0 Å². The van der Waals surface area contributed by atoms with Crippen molar-refractivity contribution >= 4 is 0 Å². The summed E-state index contributed by atoms with van der Waals surface area (Å²) < 4.78 is 0. The van der Waals surface area contributed by atoms with Crippen molar-refractivity contribution in [3.8, 4) is 0 Å². The van der Waals surface area contributed by atoms with Crippen molar-refractivity contribution < 1.29 is 0 Å². The van der Waals surface area contributed by atoms with E-state index in [-0.39, 0.29) is 0 Å². The van der Waals surface area contributed by atoms with Crippen LogP contribution in [-0.4, -0.2) is 37.6 Å². The summed E-state index contributed by atoms with van der Waals surface area (Å²) in [6.45, 7) is 15.6. The molecule has 0 aromatic heterocycles. The number of nitrogens with one attached hydrogen (secondary N) is 1. The molecule has 0 saturated carbocycles. The molecule has 0 aromatic rings. The van der Waals surface area contributed by atoms with E-state index in [0.717, 1.165) is 24.3 Å². The van der Waals surface area contributed by atoms with Gasteiger partial charge in [-0.05, 0) is 43.7 Å². The van der Waals surface area contributed by atoms with Crippen molar-refractivity contribution in [2.45, 2.75) is 40.5 Å². The average Bonchev–Trinajstić information content (AvgIpc) is 2.16. The first-order chi connectivity index (χ1) is 7.61. The van der Waals surface area contributed by atoms with Crippen molar-refractivity contribution in [2.24, 2.45) is 17.8 Å². The molecule has 2 nitrogen and oxygen atoms in total. The van der Waals surface area contributed by atoms with Gasteiger partial charge in [-0.2, -0.15) is 0 Å². The Hall–Kier alpha value is -0.0800. The first kappa shape index (κ1) is 14.0. The van der Waals surface area contributed by atoms with Crippen molar-refractivity contribution in [3.05, 3.63) is 0 Å². The van der Waals surface area contributed by atoms with Crippen molar-refractivity contribution in [3.63, 3.8) is 0 Å². The van der Waals surface area contributed by atoms with E-state index in [9.17, 15) is 0 Å². The number of nitrogens with zero attached hydrogens (tertiary/aromatic N) is 1. The molecule has 16 heavy (non-hydrogen) atoms. The number of piperidine rings is 1. The molecule has 0 amide bonds. The second kappa shape index (κ2) is 7.29. The van der Waals surface area contributed by atoms with Gasteiger partial charge < -0.3 is 10.2 Å². The Morgan fingerprint density at radius 1 is 1.25 bits per heavy atom. The van der Waals surface area contributed by atoms with Crippen molar-refractivity contribution in [1.29, 1.82) is 0 Å². The van der Waals surface area contributed by atoms with Crippen LogP contribution in [-0.2, 0) is 0 Å². The minimum Gasteiger partial charge on any atom is -0.316 e. The predicted molar refractivity (Wildman–Crippen MR) is 71.7 cm³/mol. The van der Waals surface area contributed by atoms with E-state index in [1.54, 1.807) is 0 Å². The monoisotopic (exact) mass is 226 g/mol. The third-order valence-electron chi connectivity index (χ3n) is 3.43. The fourth-order valence-electron chi connectivity index (χ4n) is 2.97. The average molecular weight is 226 g/mol. The molecule has 3 atom stereocenters. The maximum atomic E-state index is 3.52. The van der Waals surface area contributed by atoms with Crippen LogP contribution in [0, 0.1) is 17.8 Å². The first-order valence-corrected chi connectivity index (χ1v) is 7.04. The van der Waals surface area contributed by atoms with Gasteiger partial charge in [0.15, 0.2) is 0 Å².